The van der Waals surface area contributed by atoms with E-state index in [4.69, 9.17) is 0 Å². The maximum absolute atomic E-state index is 12.1. The first-order valence-corrected chi connectivity index (χ1v) is 6.43. The lowest BCUT2D eigenvalue weighted by atomic mass is 10.1. The Kier molecular flexibility index (Phi) is 4.20. The predicted molar refractivity (Wildman–Crippen MR) is 72.5 cm³/mol. The molecule has 2 amide bonds. The van der Waals surface area contributed by atoms with Gasteiger partial charge in [-0.3, -0.25) is 0 Å². The van der Waals surface area contributed by atoms with Crippen LogP contribution in [0.2, 0.25) is 0 Å². The van der Waals surface area contributed by atoms with Gasteiger partial charge in [-0.1, -0.05) is 30.3 Å². The van der Waals surface area contributed by atoms with Gasteiger partial charge >= 0.3 is 6.03 Å². The van der Waals surface area contributed by atoms with Gasteiger partial charge in [0, 0.05) is 33.2 Å². The van der Waals surface area contributed by atoms with Crippen molar-refractivity contribution in [1.82, 2.24) is 15.1 Å². The highest BCUT2D eigenvalue weighted by molar-refractivity contribution is 5.73. The zero-order valence-corrected chi connectivity index (χ0v) is 11.1. The predicted octanol–water partition coefficient (Wildman–Crippen LogP) is 1.70. The summed E-state index contributed by atoms with van der Waals surface area (Å²) in [4.78, 5) is 15.6. The Hall–Kier alpha value is -1.55. The summed E-state index contributed by atoms with van der Waals surface area (Å²) in [5, 5.41) is 3.51. The van der Waals surface area contributed by atoms with E-state index in [0.717, 1.165) is 26.1 Å². The molecule has 1 unspecified atom stereocenters. The highest BCUT2D eigenvalue weighted by Crippen LogP contribution is 2.17. The van der Waals surface area contributed by atoms with Crippen LogP contribution in [-0.2, 0) is 0 Å². The van der Waals surface area contributed by atoms with Gasteiger partial charge in [-0.15, -0.1) is 0 Å². The number of hydrogen-bond acceptors (Lipinski definition) is 2. The molecule has 1 heterocycles. The van der Waals surface area contributed by atoms with Crippen molar-refractivity contribution in [2.24, 2.45) is 0 Å². The van der Waals surface area contributed by atoms with E-state index >= 15 is 0 Å². The lowest BCUT2D eigenvalue weighted by Gasteiger charge is -2.27. The van der Waals surface area contributed by atoms with Crippen LogP contribution in [0.1, 0.15) is 18.0 Å². The first kappa shape index (κ1) is 12.9. The lowest BCUT2D eigenvalue weighted by Crippen LogP contribution is -2.42. The summed E-state index contributed by atoms with van der Waals surface area (Å²) in [5.74, 6) is 0. The Morgan fingerprint density at radius 1 is 1.33 bits per heavy atom. The van der Waals surface area contributed by atoms with E-state index in [0.29, 0.717) is 0 Å². The largest absolute Gasteiger partial charge is 0.331 e. The second-order valence-electron chi connectivity index (χ2n) is 4.89. The zero-order chi connectivity index (χ0) is 13.0. The smallest absolute Gasteiger partial charge is 0.319 e. The van der Waals surface area contributed by atoms with Crippen molar-refractivity contribution in [3.05, 3.63) is 35.9 Å². The van der Waals surface area contributed by atoms with Gasteiger partial charge in [0.05, 0.1) is 0 Å². The van der Waals surface area contributed by atoms with Crippen LogP contribution in [-0.4, -0.2) is 49.6 Å². The topological polar surface area (TPSA) is 35.6 Å². The van der Waals surface area contributed by atoms with Crippen LogP contribution in [0.25, 0.3) is 0 Å². The molecule has 18 heavy (non-hydrogen) atoms. The molecule has 0 radical (unpaired) electrons. The number of amides is 2. The number of nitrogens with one attached hydrogen (secondary N) is 1. The first-order chi connectivity index (χ1) is 8.68. The Morgan fingerprint density at radius 2 is 2.06 bits per heavy atom. The number of carbonyl (C=O) groups excluding carboxylic acids is 1. The van der Waals surface area contributed by atoms with Gasteiger partial charge in [0.1, 0.15) is 0 Å². The van der Waals surface area contributed by atoms with Crippen LogP contribution in [0, 0.1) is 0 Å². The fourth-order valence-corrected chi connectivity index (χ4v) is 2.29. The van der Waals surface area contributed by atoms with Crippen LogP contribution in [0.5, 0.6) is 0 Å². The van der Waals surface area contributed by atoms with E-state index in [1.807, 2.05) is 23.1 Å². The van der Waals surface area contributed by atoms with Gasteiger partial charge in [0.15, 0.2) is 0 Å². The molecule has 0 bridgehead atoms. The molecule has 1 aromatic carbocycles. The molecule has 1 aliphatic heterocycles. The molecule has 1 fully saturated rings. The quantitative estimate of drug-likeness (QED) is 0.820. The number of carbonyl (C=O) groups is 1. The molecule has 0 aromatic heterocycles. The summed E-state index contributed by atoms with van der Waals surface area (Å²) in [6.45, 7) is 2.52. The monoisotopic (exact) mass is 247 g/mol. The standard InChI is InChI=1S/C14H21N3O/c1-16(2)14(18)17-10-6-9-15-13(11-17)12-7-4-3-5-8-12/h3-5,7-8,13,15H,6,9-11H2,1-2H3. The minimum atomic E-state index is 0.0969. The number of nitrogens with zero attached hydrogens (tertiary/aromatic N) is 2. The molecular weight excluding hydrogens is 226 g/mol. The third kappa shape index (κ3) is 3.01. The zero-order valence-electron chi connectivity index (χ0n) is 11.1. The Bertz CT molecular complexity index is 391. The van der Waals surface area contributed by atoms with E-state index < -0.39 is 0 Å². The van der Waals surface area contributed by atoms with Crippen molar-refractivity contribution >= 4 is 6.03 Å². The third-order valence-corrected chi connectivity index (χ3v) is 3.25. The minimum Gasteiger partial charge on any atom is -0.331 e. The van der Waals surface area contributed by atoms with Crippen molar-refractivity contribution in [3.8, 4) is 0 Å². The van der Waals surface area contributed by atoms with E-state index in [9.17, 15) is 4.79 Å². The second-order valence-corrected chi connectivity index (χ2v) is 4.89. The molecule has 0 saturated carbocycles. The van der Waals surface area contributed by atoms with Crippen LogP contribution in [0.15, 0.2) is 30.3 Å². The van der Waals surface area contributed by atoms with Crippen LogP contribution < -0.4 is 5.32 Å². The van der Waals surface area contributed by atoms with Crippen molar-refractivity contribution in [2.45, 2.75) is 12.5 Å². The van der Waals surface area contributed by atoms with Gasteiger partial charge in [0.25, 0.3) is 0 Å². The Morgan fingerprint density at radius 3 is 2.72 bits per heavy atom. The molecular formula is C14H21N3O. The number of urea groups is 1. The molecule has 1 aliphatic rings. The van der Waals surface area contributed by atoms with E-state index in [1.165, 1.54) is 5.56 Å². The van der Waals surface area contributed by atoms with Crippen molar-refractivity contribution in [1.29, 1.82) is 0 Å². The first-order valence-electron chi connectivity index (χ1n) is 6.43. The second kappa shape index (κ2) is 5.87. The molecule has 1 saturated heterocycles. The molecule has 4 nitrogen and oxygen atoms in total. The summed E-state index contributed by atoms with van der Waals surface area (Å²) < 4.78 is 0. The molecule has 0 aliphatic carbocycles. The summed E-state index contributed by atoms with van der Waals surface area (Å²) >= 11 is 0. The fraction of sp³-hybridized carbons (Fsp3) is 0.500. The molecule has 1 atom stereocenters. The maximum atomic E-state index is 12.1. The van der Waals surface area contributed by atoms with Gasteiger partial charge in [-0.25, -0.2) is 4.79 Å². The molecule has 4 heteroatoms. The average Bonchev–Trinajstić information content (AvgIpc) is 2.64. The summed E-state index contributed by atoms with van der Waals surface area (Å²) in [5.41, 5.74) is 1.25. The normalized spacial score (nSPS) is 20.3. The molecule has 1 aromatic rings. The number of benzene rings is 1. The molecule has 1 N–H and O–H groups in total. The maximum Gasteiger partial charge on any atom is 0.319 e. The van der Waals surface area contributed by atoms with E-state index in [1.54, 1.807) is 19.0 Å². The van der Waals surface area contributed by atoms with Gasteiger partial charge in [-0.05, 0) is 18.5 Å². The Balaban J connectivity index is 2.10. The third-order valence-electron chi connectivity index (χ3n) is 3.25. The van der Waals surface area contributed by atoms with Crippen LogP contribution in [0.3, 0.4) is 0 Å². The van der Waals surface area contributed by atoms with Crippen molar-refractivity contribution < 1.29 is 4.79 Å². The van der Waals surface area contributed by atoms with Gasteiger partial charge in [0.2, 0.25) is 0 Å². The lowest BCUT2D eigenvalue weighted by molar-refractivity contribution is 0.170. The van der Waals surface area contributed by atoms with Gasteiger partial charge in [-0.2, -0.15) is 0 Å². The average molecular weight is 247 g/mol. The highest BCUT2D eigenvalue weighted by Gasteiger charge is 2.23. The SMILES string of the molecule is CN(C)C(=O)N1CCCNC(c2ccccc2)C1. The Labute approximate surface area is 109 Å². The van der Waals surface area contributed by atoms with Crippen LogP contribution >= 0.6 is 0 Å². The van der Waals surface area contributed by atoms with Crippen molar-refractivity contribution in [3.63, 3.8) is 0 Å². The number of hydrogen-bond donors (Lipinski definition) is 1. The number of rotatable bonds is 1. The van der Waals surface area contributed by atoms with Crippen molar-refractivity contribution in [2.75, 3.05) is 33.7 Å². The summed E-state index contributed by atoms with van der Waals surface area (Å²) in [6.07, 6.45) is 1.00. The summed E-state index contributed by atoms with van der Waals surface area (Å²) in [7, 11) is 3.61. The molecule has 98 valence electrons. The van der Waals surface area contributed by atoms with E-state index in [2.05, 4.69) is 17.4 Å². The van der Waals surface area contributed by atoms with E-state index in [-0.39, 0.29) is 12.1 Å². The fourth-order valence-electron chi connectivity index (χ4n) is 2.29. The molecule has 0 spiro atoms. The molecule has 2 rings (SSSR count). The highest BCUT2D eigenvalue weighted by atomic mass is 16.2. The van der Waals surface area contributed by atoms with Gasteiger partial charge < -0.3 is 15.1 Å². The summed E-state index contributed by atoms with van der Waals surface area (Å²) in [6, 6.07) is 10.7. The minimum absolute atomic E-state index is 0.0969. The van der Waals surface area contributed by atoms with Crippen LogP contribution in [0.4, 0.5) is 4.79 Å².